The molecule has 1 fully saturated rings. The van der Waals surface area contributed by atoms with Gasteiger partial charge in [0.1, 0.15) is 5.75 Å². The van der Waals surface area contributed by atoms with Crippen LogP contribution in [0.1, 0.15) is 39.5 Å². The van der Waals surface area contributed by atoms with Crippen molar-refractivity contribution in [1.29, 1.82) is 0 Å². The molecule has 1 aromatic rings. The summed E-state index contributed by atoms with van der Waals surface area (Å²) in [5, 5.41) is 6.75. The molecule has 4 nitrogen and oxygen atoms in total. The van der Waals surface area contributed by atoms with Gasteiger partial charge in [0.05, 0.1) is 17.2 Å². The van der Waals surface area contributed by atoms with E-state index < -0.39 is 5.54 Å². The first-order valence-electron chi connectivity index (χ1n) is 7.54. The summed E-state index contributed by atoms with van der Waals surface area (Å²) in [4.78, 5) is 12.4. The zero-order chi connectivity index (χ0) is 15.3. The molecule has 1 saturated heterocycles. The van der Waals surface area contributed by atoms with Crippen LogP contribution in [0.5, 0.6) is 5.75 Å². The Labute approximate surface area is 131 Å². The van der Waals surface area contributed by atoms with Gasteiger partial charge in [0, 0.05) is 5.69 Å². The molecule has 0 bridgehead atoms. The quantitative estimate of drug-likeness (QED) is 0.873. The van der Waals surface area contributed by atoms with Gasteiger partial charge in [0.15, 0.2) is 0 Å². The van der Waals surface area contributed by atoms with E-state index in [1.807, 2.05) is 19.9 Å². The second-order valence-corrected chi connectivity index (χ2v) is 6.07. The number of benzene rings is 1. The van der Waals surface area contributed by atoms with Gasteiger partial charge in [0.25, 0.3) is 0 Å². The number of nitrogens with one attached hydrogen (secondary N) is 2. The van der Waals surface area contributed by atoms with E-state index in [2.05, 4.69) is 10.6 Å². The summed E-state index contributed by atoms with van der Waals surface area (Å²) < 4.78 is 5.53. The van der Waals surface area contributed by atoms with Crippen molar-refractivity contribution in [3.8, 4) is 5.75 Å². The molecule has 0 radical (unpaired) electrons. The summed E-state index contributed by atoms with van der Waals surface area (Å²) in [5.41, 5.74) is 0.199. The molecular weight excluding hydrogens is 288 g/mol. The van der Waals surface area contributed by atoms with Crippen LogP contribution in [0.2, 0.25) is 5.02 Å². The van der Waals surface area contributed by atoms with E-state index in [1.165, 1.54) is 0 Å². The lowest BCUT2D eigenvalue weighted by Gasteiger charge is -2.33. The molecule has 21 heavy (non-hydrogen) atoms. The molecule has 2 rings (SSSR count). The molecule has 1 unspecified atom stereocenters. The van der Waals surface area contributed by atoms with Crippen molar-refractivity contribution >= 4 is 23.2 Å². The third-order valence-corrected chi connectivity index (χ3v) is 4.07. The number of carbonyl (C=O) groups is 1. The first kappa shape index (κ1) is 16.1. The third-order valence-electron chi connectivity index (χ3n) is 3.77. The number of rotatable bonds is 5. The molecule has 5 heteroatoms. The lowest BCUT2D eigenvalue weighted by atomic mass is 9.90. The highest BCUT2D eigenvalue weighted by atomic mass is 35.5. The number of anilines is 1. The van der Waals surface area contributed by atoms with Crippen LogP contribution in [-0.2, 0) is 4.79 Å². The highest BCUT2D eigenvalue weighted by molar-refractivity contribution is 6.32. The van der Waals surface area contributed by atoms with Gasteiger partial charge < -0.3 is 15.4 Å². The average molecular weight is 311 g/mol. The minimum Gasteiger partial charge on any atom is -0.492 e. The summed E-state index contributed by atoms with van der Waals surface area (Å²) in [6, 6.07) is 5.35. The Morgan fingerprint density at radius 2 is 2.29 bits per heavy atom. The summed E-state index contributed by atoms with van der Waals surface area (Å²) in [6.45, 7) is 5.50. The van der Waals surface area contributed by atoms with Crippen molar-refractivity contribution in [2.45, 2.75) is 45.1 Å². The molecule has 1 heterocycles. The van der Waals surface area contributed by atoms with Crippen molar-refractivity contribution in [1.82, 2.24) is 5.32 Å². The third kappa shape index (κ3) is 4.11. The summed E-state index contributed by atoms with van der Waals surface area (Å²) >= 11 is 6.18. The maximum absolute atomic E-state index is 12.4. The standard InChI is InChI=1S/C16H23ClN2O2/c1-3-10-21-14-7-6-12(11-13(14)17)19-15(20)16(2)8-4-5-9-18-16/h6-7,11,18H,3-5,8-10H2,1-2H3,(H,19,20). The zero-order valence-electron chi connectivity index (χ0n) is 12.7. The fraction of sp³-hybridized carbons (Fsp3) is 0.562. The van der Waals surface area contributed by atoms with Gasteiger partial charge >= 0.3 is 0 Å². The largest absolute Gasteiger partial charge is 0.492 e. The number of piperidine rings is 1. The van der Waals surface area contributed by atoms with Gasteiger partial charge in [-0.3, -0.25) is 4.79 Å². The maximum atomic E-state index is 12.4. The van der Waals surface area contributed by atoms with Gasteiger partial charge in [0.2, 0.25) is 5.91 Å². The topological polar surface area (TPSA) is 50.4 Å². The summed E-state index contributed by atoms with van der Waals surface area (Å²) in [5.74, 6) is 0.638. The van der Waals surface area contributed by atoms with Crippen molar-refractivity contribution in [3.05, 3.63) is 23.2 Å². The SMILES string of the molecule is CCCOc1ccc(NC(=O)C2(C)CCCCN2)cc1Cl. The Morgan fingerprint density at radius 1 is 1.48 bits per heavy atom. The molecule has 1 aromatic carbocycles. The first-order valence-corrected chi connectivity index (χ1v) is 7.92. The van der Waals surface area contributed by atoms with E-state index in [-0.39, 0.29) is 5.91 Å². The van der Waals surface area contributed by atoms with E-state index in [0.717, 1.165) is 32.2 Å². The van der Waals surface area contributed by atoms with E-state index >= 15 is 0 Å². The Kier molecular flexibility index (Phi) is 5.48. The maximum Gasteiger partial charge on any atom is 0.244 e. The van der Waals surface area contributed by atoms with E-state index in [1.54, 1.807) is 12.1 Å². The lowest BCUT2D eigenvalue weighted by molar-refractivity contribution is -0.122. The smallest absolute Gasteiger partial charge is 0.244 e. The number of halogens is 1. The van der Waals surface area contributed by atoms with Crippen LogP contribution >= 0.6 is 11.6 Å². The normalized spacial score (nSPS) is 21.9. The zero-order valence-corrected chi connectivity index (χ0v) is 13.4. The molecule has 1 amide bonds. The first-order chi connectivity index (χ1) is 10.0. The van der Waals surface area contributed by atoms with E-state index in [0.29, 0.717) is 23.1 Å². The molecule has 116 valence electrons. The monoisotopic (exact) mass is 310 g/mol. The second kappa shape index (κ2) is 7.14. The minimum atomic E-state index is -0.498. The van der Waals surface area contributed by atoms with Crippen LogP contribution in [0.3, 0.4) is 0 Å². The Balaban J connectivity index is 2.02. The molecule has 0 aliphatic carbocycles. The van der Waals surface area contributed by atoms with E-state index in [4.69, 9.17) is 16.3 Å². The summed E-state index contributed by atoms with van der Waals surface area (Å²) in [7, 11) is 0. The fourth-order valence-electron chi connectivity index (χ4n) is 2.43. The van der Waals surface area contributed by atoms with Crippen LogP contribution in [0, 0.1) is 0 Å². The van der Waals surface area contributed by atoms with Crippen molar-refractivity contribution in [3.63, 3.8) is 0 Å². The van der Waals surface area contributed by atoms with Crippen molar-refractivity contribution in [2.75, 3.05) is 18.5 Å². The molecule has 0 spiro atoms. The number of hydrogen-bond donors (Lipinski definition) is 2. The minimum absolute atomic E-state index is 0.0134. The molecule has 1 aliphatic rings. The molecular formula is C16H23ClN2O2. The van der Waals surface area contributed by atoms with Crippen LogP contribution in [-0.4, -0.2) is 24.6 Å². The second-order valence-electron chi connectivity index (χ2n) is 5.66. The van der Waals surface area contributed by atoms with Gasteiger partial charge in [-0.25, -0.2) is 0 Å². The highest BCUT2D eigenvalue weighted by Crippen LogP contribution is 2.29. The van der Waals surface area contributed by atoms with Gasteiger partial charge in [-0.05, 0) is 57.4 Å². The van der Waals surface area contributed by atoms with Gasteiger partial charge in [-0.2, -0.15) is 0 Å². The Hall–Kier alpha value is -1.26. The molecule has 1 atom stereocenters. The molecule has 0 aromatic heterocycles. The number of amides is 1. The molecule has 0 saturated carbocycles. The average Bonchev–Trinajstić information content (AvgIpc) is 2.47. The van der Waals surface area contributed by atoms with Crippen LogP contribution < -0.4 is 15.4 Å². The predicted octanol–water partition coefficient (Wildman–Crippen LogP) is 3.60. The number of ether oxygens (including phenoxy) is 1. The van der Waals surface area contributed by atoms with Gasteiger partial charge in [-0.1, -0.05) is 18.5 Å². The lowest BCUT2D eigenvalue weighted by Crippen LogP contribution is -2.54. The Bertz CT molecular complexity index is 499. The van der Waals surface area contributed by atoms with Crippen LogP contribution in [0.15, 0.2) is 18.2 Å². The van der Waals surface area contributed by atoms with Crippen molar-refractivity contribution < 1.29 is 9.53 Å². The predicted molar refractivity (Wildman–Crippen MR) is 86.1 cm³/mol. The summed E-state index contributed by atoms with van der Waals surface area (Å²) in [6.07, 6.45) is 3.97. The highest BCUT2D eigenvalue weighted by Gasteiger charge is 2.34. The van der Waals surface area contributed by atoms with Crippen LogP contribution in [0.25, 0.3) is 0 Å². The van der Waals surface area contributed by atoms with Gasteiger partial charge in [-0.15, -0.1) is 0 Å². The molecule has 1 aliphatic heterocycles. The van der Waals surface area contributed by atoms with E-state index in [9.17, 15) is 4.79 Å². The van der Waals surface area contributed by atoms with Crippen molar-refractivity contribution in [2.24, 2.45) is 0 Å². The fourth-order valence-corrected chi connectivity index (χ4v) is 2.66. The Morgan fingerprint density at radius 3 is 2.90 bits per heavy atom. The van der Waals surface area contributed by atoms with Crippen LogP contribution in [0.4, 0.5) is 5.69 Å². The number of hydrogen-bond acceptors (Lipinski definition) is 3. The molecule has 2 N–H and O–H groups in total. The number of carbonyl (C=O) groups excluding carboxylic acids is 1.